The monoisotopic (exact) mass is 415 g/mol. The Hall–Kier alpha value is -3.53. The first-order valence-corrected chi connectivity index (χ1v) is 9.35. The van der Waals surface area contributed by atoms with E-state index in [-0.39, 0.29) is 11.6 Å². The fraction of sp³-hybridized carbons (Fsp3) is 0.158. The van der Waals surface area contributed by atoms with Gasteiger partial charge in [0.05, 0.1) is 19.3 Å². The Morgan fingerprint density at radius 3 is 2.59 bits per heavy atom. The maximum Gasteiger partial charge on any atom is 0.319 e. The summed E-state index contributed by atoms with van der Waals surface area (Å²) in [6.07, 6.45) is 0. The third-order valence-electron chi connectivity index (χ3n) is 3.77. The highest BCUT2D eigenvalue weighted by atomic mass is 32.1. The van der Waals surface area contributed by atoms with E-state index in [0.717, 1.165) is 16.9 Å². The minimum atomic E-state index is -0.464. The van der Waals surface area contributed by atoms with E-state index < -0.39 is 17.8 Å². The van der Waals surface area contributed by atoms with Gasteiger partial charge in [0, 0.05) is 5.69 Å². The van der Waals surface area contributed by atoms with Crippen LogP contribution in [0.5, 0.6) is 5.75 Å². The van der Waals surface area contributed by atoms with Crippen LogP contribution in [0.25, 0.3) is 0 Å². The number of benzene rings is 2. The van der Waals surface area contributed by atoms with Crippen LogP contribution >= 0.6 is 11.3 Å². The Balaban J connectivity index is 1.55. The molecule has 0 aliphatic heterocycles. The van der Waals surface area contributed by atoms with Gasteiger partial charge in [-0.3, -0.25) is 4.79 Å². The molecule has 0 atom stereocenters. The van der Waals surface area contributed by atoms with Crippen molar-refractivity contribution in [3.8, 4) is 5.75 Å². The highest BCUT2D eigenvalue weighted by Gasteiger charge is 2.14. The van der Waals surface area contributed by atoms with E-state index in [2.05, 4.69) is 26.1 Å². The average Bonchev–Trinajstić information content (AvgIpc) is 3.18. The lowest BCUT2D eigenvalue weighted by Crippen LogP contribution is -2.28. The van der Waals surface area contributed by atoms with Crippen molar-refractivity contribution in [1.82, 2.24) is 15.5 Å². The Labute approximate surface area is 170 Å². The van der Waals surface area contributed by atoms with Gasteiger partial charge in [-0.1, -0.05) is 17.4 Å². The molecule has 3 N–H and O–H groups in total. The van der Waals surface area contributed by atoms with Gasteiger partial charge in [-0.05, 0) is 48.9 Å². The molecule has 2 aromatic carbocycles. The lowest BCUT2D eigenvalue weighted by atomic mass is 10.2. The summed E-state index contributed by atoms with van der Waals surface area (Å²) in [5.74, 6) is -0.315. The molecule has 10 heteroatoms. The summed E-state index contributed by atoms with van der Waals surface area (Å²) in [6, 6.07) is 10.4. The molecule has 29 heavy (non-hydrogen) atoms. The van der Waals surface area contributed by atoms with E-state index in [9.17, 15) is 14.0 Å². The number of aromatic nitrogens is 2. The molecule has 0 aliphatic carbocycles. The SMILES string of the molecule is COc1ccc(C)cc1NC(=O)NCc1nnc(C(=O)Nc2ccc(F)cc2)s1. The molecule has 0 spiro atoms. The minimum absolute atomic E-state index is 0.0987. The Kier molecular flexibility index (Phi) is 6.35. The van der Waals surface area contributed by atoms with Crippen molar-refractivity contribution in [1.29, 1.82) is 0 Å². The van der Waals surface area contributed by atoms with Gasteiger partial charge >= 0.3 is 6.03 Å². The zero-order valence-corrected chi connectivity index (χ0v) is 16.5. The second-order valence-electron chi connectivity index (χ2n) is 5.97. The summed E-state index contributed by atoms with van der Waals surface area (Å²) < 4.78 is 18.1. The van der Waals surface area contributed by atoms with Gasteiger partial charge in [0.25, 0.3) is 5.91 Å². The number of aryl methyl sites for hydroxylation is 1. The van der Waals surface area contributed by atoms with E-state index in [4.69, 9.17) is 4.74 Å². The van der Waals surface area contributed by atoms with Crippen LogP contribution in [0.15, 0.2) is 42.5 Å². The molecule has 0 aliphatic rings. The number of rotatable bonds is 6. The molecule has 3 rings (SSSR count). The number of urea groups is 1. The topological polar surface area (TPSA) is 105 Å². The van der Waals surface area contributed by atoms with Crippen molar-refractivity contribution in [3.63, 3.8) is 0 Å². The summed E-state index contributed by atoms with van der Waals surface area (Å²) >= 11 is 1.05. The van der Waals surface area contributed by atoms with Crippen molar-refractivity contribution in [2.75, 3.05) is 17.7 Å². The molecule has 1 heterocycles. The fourth-order valence-electron chi connectivity index (χ4n) is 2.38. The molecule has 3 amide bonds. The third-order valence-corrected chi connectivity index (χ3v) is 4.69. The number of nitrogens with one attached hydrogen (secondary N) is 3. The molecule has 0 radical (unpaired) electrons. The average molecular weight is 415 g/mol. The highest BCUT2D eigenvalue weighted by Crippen LogP contribution is 2.25. The quantitative estimate of drug-likeness (QED) is 0.571. The van der Waals surface area contributed by atoms with E-state index in [1.807, 2.05) is 13.0 Å². The maximum absolute atomic E-state index is 12.9. The number of hydrogen-bond acceptors (Lipinski definition) is 6. The predicted octanol–water partition coefficient (Wildman–Crippen LogP) is 3.57. The van der Waals surface area contributed by atoms with E-state index in [1.54, 1.807) is 12.1 Å². The molecule has 0 bridgehead atoms. The standard InChI is InChI=1S/C19H18FN5O3S/c1-11-3-8-15(28-2)14(9-11)23-19(27)21-10-16-24-25-18(29-16)17(26)22-13-6-4-12(20)5-7-13/h3-9H,10H2,1-2H3,(H,22,26)(H2,21,23,27). The summed E-state index contributed by atoms with van der Waals surface area (Å²) in [7, 11) is 1.52. The second kappa shape index (κ2) is 9.11. The molecule has 3 aromatic rings. The number of carbonyl (C=O) groups excluding carboxylic acids is 2. The number of ether oxygens (including phenoxy) is 1. The minimum Gasteiger partial charge on any atom is -0.495 e. The van der Waals surface area contributed by atoms with Crippen molar-refractivity contribution in [2.24, 2.45) is 0 Å². The largest absolute Gasteiger partial charge is 0.495 e. The fourth-order valence-corrected chi connectivity index (χ4v) is 3.05. The first-order chi connectivity index (χ1) is 13.9. The van der Waals surface area contributed by atoms with Crippen molar-refractivity contribution >= 4 is 34.6 Å². The lowest BCUT2D eigenvalue weighted by molar-refractivity contribution is 0.102. The zero-order valence-electron chi connectivity index (χ0n) is 15.7. The van der Waals surface area contributed by atoms with Crippen LogP contribution in [0, 0.1) is 12.7 Å². The van der Waals surface area contributed by atoms with Gasteiger partial charge in [0.2, 0.25) is 5.01 Å². The van der Waals surface area contributed by atoms with Crippen LogP contribution in [0.1, 0.15) is 20.4 Å². The zero-order chi connectivity index (χ0) is 20.8. The summed E-state index contributed by atoms with van der Waals surface area (Å²) in [4.78, 5) is 24.3. The maximum atomic E-state index is 12.9. The highest BCUT2D eigenvalue weighted by molar-refractivity contribution is 7.13. The molecular formula is C19H18FN5O3S. The first kappa shape index (κ1) is 20.2. The summed E-state index contributed by atoms with van der Waals surface area (Å²) in [5, 5.41) is 16.3. The van der Waals surface area contributed by atoms with Crippen LogP contribution in [0.4, 0.5) is 20.6 Å². The van der Waals surface area contributed by atoms with Gasteiger partial charge in [0.15, 0.2) is 0 Å². The van der Waals surface area contributed by atoms with Crippen molar-refractivity contribution in [2.45, 2.75) is 13.5 Å². The Morgan fingerprint density at radius 1 is 1.10 bits per heavy atom. The lowest BCUT2D eigenvalue weighted by Gasteiger charge is -2.11. The Morgan fingerprint density at radius 2 is 1.86 bits per heavy atom. The van der Waals surface area contributed by atoms with Gasteiger partial charge in [-0.15, -0.1) is 10.2 Å². The van der Waals surface area contributed by atoms with Crippen LogP contribution < -0.4 is 20.7 Å². The summed E-state index contributed by atoms with van der Waals surface area (Å²) in [6.45, 7) is 2.00. The van der Waals surface area contributed by atoms with Crippen molar-refractivity contribution < 1.29 is 18.7 Å². The number of carbonyl (C=O) groups is 2. The van der Waals surface area contributed by atoms with Gasteiger partial charge in [-0.25, -0.2) is 9.18 Å². The van der Waals surface area contributed by atoms with Crippen LogP contribution in [-0.2, 0) is 6.54 Å². The second-order valence-corrected chi connectivity index (χ2v) is 7.04. The smallest absolute Gasteiger partial charge is 0.319 e. The molecule has 0 saturated heterocycles. The van der Waals surface area contributed by atoms with Crippen LogP contribution in [0.3, 0.4) is 0 Å². The van der Waals surface area contributed by atoms with Gasteiger partial charge < -0.3 is 20.7 Å². The number of nitrogens with zero attached hydrogens (tertiary/aromatic N) is 2. The molecule has 1 aromatic heterocycles. The molecule has 0 saturated carbocycles. The number of amides is 3. The van der Waals surface area contributed by atoms with Crippen molar-refractivity contribution in [3.05, 3.63) is 63.9 Å². The van der Waals surface area contributed by atoms with E-state index in [1.165, 1.54) is 31.4 Å². The van der Waals surface area contributed by atoms with Crippen LogP contribution in [0.2, 0.25) is 0 Å². The number of anilines is 2. The number of methoxy groups -OCH3 is 1. The molecular weight excluding hydrogens is 397 g/mol. The normalized spacial score (nSPS) is 10.3. The predicted molar refractivity (Wildman–Crippen MR) is 108 cm³/mol. The van der Waals surface area contributed by atoms with E-state index >= 15 is 0 Å². The molecule has 0 fully saturated rings. The third kappa shape index (κ3) is 5.48. The summed E-state index contributed by atoms with van der Waals surface area (Å²) in [5.41, 5.74) is 1.96. The first-order valence-electron chi connectivity index (χ1n) is 8.53. The number of hydrogen-bond donors (Lipinski definition) is 3. The Bertz CT molecular complexity index is 1020. The molecule has 0 unspecified atom stereocenters. The molecule has 150 valence electrons. The number of halogens is 1. The van der Waals surface area contributed by atoms with Gasteiger partial charge in [-0.2, -0.15) is 0 Å². The van der Waals surface area contributed by atoms with E-state index in [0.29, 0.717) is 22.1 Å². The van der Waals surface area contributed by atoms with Gasteiger partial charge in [0.1, 0.15) is 16.6 Å². The van der Waals surface area contributed by atoms with Crippen LogP contribution in [-0.4, -0.2) is 29.2 Å². The molecule has 8 nitrogen and oxygen atoms in total.